The molecule has 0 spiro atoms. The molecule has 2 aliphatic rings. The van der Waals surface area contributed by atoms with Gasteiger partial charge in [0.05, 0.1) is 13.2 Å². The Bertz CT molecular complexity index is 259. The first-order valence-corrected chi connectivity index (χ1v) is 6.74. The minimum Gasteiger partial charge on any atom is -0.378 e. The number of nitrogens with two attached hydrogens (primary N) is 1. The number of hydrogen-bond acceptors (Lipinski definition) is 4. The van der Waals surface area contributed by atoms with Crippen molar-refractivity contribution in [1.29, 1.82) is 0 Å². The third kappa shape index (κ3) is 2.50. The molecule has 0 radical (unpaired) electrons. The molecule has 4 heteroatoms. The average molecular weight is 241 g/mol. The fourth-order valence-electron chi connectivity index (χ4n) is 3.36. The standard InChI is InChI=1S/C13H27N3O/c1-12(2)11-17-9-8-16(12)13(10-14)4-6-15(3)7-5-13/h4-11,14H2,1-3H3. The minimum absolute atomic E-state index is 0.119. The van der Waals surface area contributed by atoms with E-state index < -0.39 is 0 Å². The first kappa shape index (κ1) is 13.3. The van der Waals surface area contributed by atoms with E-state index in [1.54, 1.807) is 0 Å². The summed E-state index contributed by atoms with van der Waals surface area (Å²) in [5.41, 5.74) is 6.45. The molecule has 0 amide bonds. The fourth-order valence-corrected chi connectivity index (χ4v) is 3.36. The van der Waals surface area contributed by atoms with E-state index in [0.29, 0.717) is 0 Å². The highest BCUT2D eigenvalue weighted by atomic mass is 16.5. The summed E-state index contributed by atoms with van der Waals surface area (Å²) in [4.78, 5) is 5.03. The molecule has 100 valence electrons. The molecule has 17 heavy (non-hydrogen) atoms. The summed E-state index contributed by atoms with van der Waals surface area (Å²) in [6.07, 6.45) is 2.37. The predicted molar refractivity (Wildman–Crippen MR) is 70.1 cm³/mol. The lowest BCUT2D eigenvalue weighted by Crippen LogP contribution is -2.68. The van der Waals surface area contributed by atoms with Crippen LogP contribution >= 0.6 is 0 Å². The summed E-state index contributed by atoms with van der Waals surface area (Å²) in [5.74, 6) is 0. The maximum Gasteiger partial charge on any atom is 0.0645 e. The third-order valence-corrected chi connectivity index (χ3v) is 4.52. The zero-order chi connectivity index (χ0) is 12.5. The fraction of sp³-hybridized carbons (Fsp3) is 1.00. The Morgan fingerprint density at radius 1 is 1.18 bits per heavy atom. The number of piperidine rings is 1. The molecule has 2 aliphatic heterocycles. The maximum absolute atomic E-state index is 6.13. The predicted octanol–water partition coefficient (Wildman–Crippen LogP) is 0.520. The number of rotatable bonds is 2. The van der Waals surface area contributed by atoms with Gasteiger partial charge >= 0.3 is 0 Å². The van der Waals surface area contributed by atoms with Crippen LogP contribution in [0.2, 0.25) is 0 Å². The molecule has 4 nitrogen and oxygen atoms in total. The number of hydrogen-bond donors (Lipinski definition) is 1. The van der Waals surface area contributed by atoms with Crippen LogP contribution in [0.25, 0.3) is 0 Å². The van der Waals surface area contributed by atoms with Gasteiger partial charge in [0.25, 0.3) is 0 Å². The quantitative estimate of drug-likeness (QED) is 0.765. The lowest BCUT2D eigenvalue weighted by atomic mass is 9.81. The molecule has 2 fully saturated rings. The van der Waals surface area contributed by atoms with Gasteiger partial charge in [0.1, 0.15) is 0 Å². The minimum atomic E-state index is 0.119. The van der Waals surface area contributed by atoms with Crippen molar-refractivity contribution in [2.45, 2.75) is 37.8 Å². The van der Waals surface area contributed by atoms with Gasteiger partial charge in [-0.2, -0.15) is 0 Å². The Morgan fingerprint density at radius 3 is 2.35 bits per heavy atom. The van der Waals surface area contributed by atoms with Gasteiger partial charge in [-0.3, -0.25) is 4.90 Å². The Morgan fingerprint density at radius 2 is 1.82 bits per heavy atom. The van der Waals surface area contributed by atoms with Crippen LogP contribution in [-0.2, 0) is 4.74 Å². The molecule has 2 heterocycles. The van der Waals surface area contributed by atoms with Crippen molar-refractivity contribution in [1.82, 2.24) is 9.80 Å². The topological polar surface area (TPSA) is 41.7 Å². The van der Waals surface area contributed by atoms with Crippen LogP contribution in [0.3, 0.4) is 0 Å². The van der Waals surface area contributed by atoms with Crippen LogP contribution in [0, 0.1) is 0 Å². The van der Waals surface area contributed by atoms with Gasteiger partial charge in [0, 0.05) is 24.2 Å². The van der Waals surface area contributed by atoms with Crippen molar-refractivity contribution in [2.75, 3.05) is 46.4 Å². The lowest BCUT2D eigenvalue weighted by molar-refractivity contribution is -0.117. The van der Waals surface area contributed by atoms with E-state index in [2.05, 4.69) is 30.7 Å². The maximum atomic E-state index is 6.13. The Labute approximate surface area is 105 Å². The van der Waals surface area contributed by atoms with Gasteiger partial charge in [-0.25, -0.2) is 0 Å². The van der Waals surface area contributed by atoms with E-state index in [4.69, 9.17) is 10.5 Å². The van der Waals surface area contributed by atoms with Crippen LogP contribution < -0.4 is 5.73 Å². The van der Waals surface area contributed by atoms with E-state index in [1.807, 2.05) is 0 Å². The molecule has 0 aromatic rings. The highest BCUT2D eigenvalue weighted by molar-refractivity contribution is 5.02. The van der Waals surface area contributed by atoms with Crippen LogP contribution in [-0.4, -0.2) is 67.3 Å². The van der Waals surface area contributed by atoms with E-state index in [9.17, 15) is 0 Å². The van der Waals surface area contributed by atoms with Crippen molar-refractivity contribution in [3.63, 3.8) is 0 Å². The van der Waals surface area contributed by atoms with Gasteiger partial charge in [-0.1, -0.05) is 0 Å². The molecule has 2 rings (SSSR count). The second kappa shape index (κ2) is 4.84. The molecule has 0 bridgehead atoms. The van der Waals surface area contributed by atoms with Crippen molar-refractivity contribution < 1.29 is 4.74 Å². The normalized spacial score (nSPS) is 30.4. The summed E-state index contributed by atoms with van der Waals surface area (Å²) < 4.78 is 5.62. The third-order valence-electron chi connectivity index (χ3n) is 4.52. The summed E-state index contributed by atoms with van der Waals surface area (Å²) in [6, 6.07) is 0. The average Bonchev–Trinajstić information content (AvgIpc) is 2.31. The number of morpholine rings is 1. The highest BCUT2D eigenvalue weighted by Gasteiger charge is 2.45. The number of ether oxygens (including phenoxy) is 1. The first-order valence-electron chi connectivity index (χ1n) is 6.74. The van der Waals surface area contributed by atoms with Crippen molar-refractivity contribution in [2.24, 2.45) is 5.73 Å². The summed E-state index contributed by atoms with van der Waals surface area (Å²) in [6.45, 7) is 10.3. The molecular formula is C13H27N3O. The van der Waals surface area contributed by atoms with Crippen LogP contribution in [0.1, 0.15) is 26.7 Å². The Kier molecular flexibility index (Phi) is 3.78. The second-order valence-electron chi connectivity index (χ2n) is 6.25. The van der Waals surface area contributed by atoms with Crippen molar-refractivity contribution in [3.8, 4) is 0 Å². The van der Waals surface area contributed by atoms with Crippen molar-refractivity contribution in [3.05, 3.63) is 0 Å². The second-order valence-corrected chi connectivity index (χ2v) is 6.25. The summed E-state index contributed by atoms with van der Waals surface area (Å²) in [7, 11) is 2.20. The van der Waals surface area contributed by atoms with E-state index in [-0.39, 0.29) is 11.1 Å². The van der Waals surface area contributed by atoms with E-state index >= 15 is 0 Å². The monoisotopic (exact) mass is 241 g/mol. The van der Waals surface area contributed by atoms with E-state index in [0.717, 1.165) is 39.4 Å². The number of likely N-dealkylation sites (tertiary alicyclic amines) is 1. The van der Waals surface area contributed by atoms with Crippen molar-refractivity contribution >= 4 is 0 Å². The molecule has 0 saturated carbocycles. The smallest absolute Gasteiger partial charge is 0.0645 e. The van der Waals surface area contributed by atoms with Gasteiger partial charge in [0.15, 0.2) is 0 Å². The SMILES string of the molecule is CN1CCC(CN)(N2CCOCC2(C)C)CC1. The van der Waals surface area contributed by atoms with Gasteiger partial charge in [-0.15, -0.1) is 0 Å². The molecule has 2 saturated heterocycles. The molecule has 0 aliphatic carbocycles. The molecule has 0 unspecified atom stereocenters. The van der Waals surface area contributed by atoms with Gasteiger partial charge < -0.3 is 15.4 Å². The van der Waals surface area contributed by atoms with Gasteiger partial charge in [-0.05, 0) is 46.8 Å². The first-order chi connectivity index (χ1) is 8.00. The lowest BCUT2D eigenvalue weighted by Gasteiger charge is -2.56. The van der Waals surface area contributed by atoms with Gasteiger partial charge in [0.2, 0.25) is 0 Å². The summed E-state index contributed by atoms with van der Waals surface area (Å²) in [5, 5.41) is 0. The zero-order valence-corrected chi connectivity index (χ0v) is 11.5. The Hall–Kier alpha value is -0.160. The molecule has 0 atom stereocenters. The molecule has 2 N–H and O–H groups in total. The zero-order valence-electron chi connectivity index (χ0n) is 11.5. The molecule has 0 aromatic heterocycles. The Balaban J connectivity index is 2.16. The van der Waals surface area contributed by atoms with Crippen LogP contribution in [0.15, 0.2) is 0 Å². The number of nitrogens with zero attached hydrogens (tertiary/aromatic N) is 2. The van der Waals surface area contributed by atoms with E-state index in [1.165, 1.54) is 12.8 Å². The van der Waals surface area contributed by atoms with Crippen LogP contribution in [0.5, 0.6) is 0 Å². The highest BCUT2D eigenvalue weighted by Crippen LogP contribution is 2.35. The van der Waals surface area contributed by atoms with Crippen LogP contribution in [0.4, 0.5) is 0 Å². The summed E-state index contributed by atoms with van der Waals surface area (Å²) >= 11 is 0. The largest absolute Gasteiger partial charge is 0.378 e. The molecular weight excluding hydrogens is 214 g/mol. The molecule has 0 aromatic carbocycles.